The van der Waals surface area contributed by atoms with Crippen molar-refractivity contribution in [2.75, 3.05) is 11.1 Å². The summed E-state index contributed by atoms with van der Waals surface area (Å²) in [5, 5.41) is 2.78. The van der Waals surface area contributed by atoms with Crippen LogP contribution in [0.25, 0.3) is 0 Å². The third kappa shape index (κ3) is 4.85. The number of benzene rings is 1. The van der Waals surface area contributed by atoms with Crippen LogP contribution in [0.3, 0.4) is 0 Å². The SMILES string of the molecule is O=C(CSc1nc(=O)n(Cc2ccncc2)c2c1CCC2)Nc1ccccc1C(F)(F)F. The largest absolute Gasteiger partial charge is 0.418 e. The first kappa shape index (κ1) is 22.1. The molecule has 1 aliphatic carbocycles. The molecule has 0 atom stereocenters. The zero-order valence-electron chi connectivity index (χ0n) is 16.9. The third-order valence-corrected chi connectivity index (χ3v) is 6.16. The van der Waals surface area contributed by atoms with Gasteiger partial charge in [0.15, 0.2) is 0 Å². The van der Waals surface area contributed by atoms with Crippen molar-refractivity contribution in [3.8, 4) is 0 Å². The lowest BCUT2D eigenvalue weighted by molar-refractivity contribution is -0.137. The predicted octanol–water partition coefficient (Wildman–Crippen LogP) is 3.92. The maximum atomic E-state index is 13.1. The number of aromatic nitrogens is 3. The van der Waals surface area contributed by atoms with Gasteiger partial charge in [0.1, 0.15) is 5.03 Å². The lowest BCUT2D eigenvalue weighted by Gasteiger charge is -2.15. The van der Waals surface area contributed by atoms with Gasteiger partial charge in [0, 0.05) is 23.7 Å². The van der Waals surface area contributed by atoms with Crippen molar-refractivity contribution >= 4 is 23.4 Å². The molecule has 0 unspecified atom stereocenters. The van der Waals surface area contributed by atoms with E-state index in [1.807, 2.05) is 12.1 Å². The van der Waals surface area contributed by atoms with Crippen LogP contribution >= 0.6 is 11.8 Å². The Hall–Kier alpha value is -3.14. The molecule has 1 amide bonds. The highest BCUT2D eigenvalue weighted by molar-refractivity contribution is 8.00. The van der Waals surface area contributed by atoms with Gasteiger partial charge in [-0.05, 0) is 49.1 Å². The van der Waals surface area contributed by atoms with E-state index in [0.29, 0.717) is 11.6 Å². The molecule has 1 N–H and O–H groups in total. The number of nitrogens with one attached hydrogen (secondary N) is 1. The Labute approximate surface area is 185 Å². The van der Waals surface area contributed by atoms with E-state index in [4.69, 9.17) is 0 Å². The monoisotopic (exact) mass is 460 g/mol. The second kappa shape index (κ2) is 9.15. The molecule has 0 aliphatic heterocycles. The van der Waals surface area contributed by atoms with Gasteiger partial charge in [0.2, 0.25) is 5.91 Å². The van der Waals surface area contributed by atoms with E-state index in [2.05, 4.69) is 15.3 Å². The minimum absolute atomic E-state index is 0.153. The fraction of sp³-hybridized carbons (Fsp3) is 0.273. The van der Waals surface area contributed by atoms with Crippen LogP contribution in [0.15, 0.2) is 58.6 Å². The van der Waals surface area contributed by atoms with Gasteiger partial charge in [0.25, 0.3) is 0 Å². The van der Waals surface area contributed by atoms with Gasteiger partial charge in [-0.1, -0.05) is 23.9 Å². The molecule has 6 nitrogen and oxygen atoms in total. The maximum absolute atomic E-state index is 13.1. The number of halogens is 3. The zero-order chi connectivity index (χ0) is 22.7. The van der Waals surface area contributed by atoms with Crippen molar-refractivity contribution < 1.29 is 18.0 Å². The Morgan fingerprint density at radius 3 is 2.62 bits per heavy atom. The van der Waals surface area contributed by atoms with Crippen LogP contribution in [-0.4, -0.2) is 26.2 Å². The highest BCUT2D eigenvalue weighted by Crippen LogP contribution is 2.35. The number of thioether (sulfide) groups is 1. The number of para-hydroxylation sites is 1. The summed E-state index contributed by atoms with van der Waals surface area (Å²) in [5.74, 6) is -0.749. The van der Waals surface area contributed by atoms with Gasteiger partial charge >= 0.3 is 11.9 Å². The molecule has 3 aromatic rings. The Bertz CT molecular complexity index is 1200. The summed E-state index contributed by atoms with van der Waals surface area (Å²) in [4.78, 5) is 33.2. The Balaban J connectivity index is 1.50. The van der Waals surface area contributed by atoms with Gasteiger partial charge in [-0.15, -0.1) is 0 Å². The molecule has 32 heavy (non-hydrogen) atoms. The first-order chi connectivity index (χ1) is 15.3. The zero-order valence-corrected chi connectivity index (χ0v) is 17.7. The maximum Gasteiger partial charge on any atom is 0.418 e. The van der Waals surface area contributed by atoms with Crippen molar-refractivity contribution in [3.05, 3.63) is 81.7 Å². The predicted molar refractivity (Wildman–Crippen MR) is 115 cm³/mol. The molecule has 2 heterocycles. The van der Waals surface area contributed by atoms with E-state index >= 15 is 0 Å². The molecule has 0 bridgehead atoms. The lowest BCUT2D eigenvalue weighted by atomic mass is 10.1. The molecular formula is C22H19F3N4O2S. The second-order valence-corrected chi connectivity index (χ2v) is 8.26. The fourth-order valence-corrected chi connectivity index (χ4v) is 4.58. The lowest BCUT2D eigenvalue weighted by Crippen LogP contribution is -2.28. The van der Waals surface area contributed by atoms with Crippen LogP contribution < -0.4 is 11.0 Å². The van der Waals surface area contributed by atoms with Crippen LogP contribution in [-0.2, 0) is 30.4 Å². The summed E-state index contributed by atoms with van der Waals surface area (Å²) in [6.07, 6.45) is 1.09. The first-order valence-corrected chi connectivity index (χ1v) is 10.9. The van der Waals surface area contributed by atoms with E-state index in [-0.39, 0.29) is 11.4 Å². The van der Waals surface area contributed by atoms with Crippen molar-refractivity contribution in [2.24, 2.45) is 0 Å². The summed E-state index contributed by atoms with van der Waals surface area (Å²) in [6.45, 7) is 0.385. The average molecular weight is 460 g/mol. The van der Waals surface area contributed by atoms with E-state index in [9.17, 15) is 22.8 Å². The number of amides is 1. The summed E-state index contributed by atoms with van der Waals surface area (Å²) in [6, 6.07) is 8.48. The summed E-state index contributed by atoms with van der Waals surface area (Å²) < 4.78 is 41.0. The highest BCUT2D eigenvalue weighted by atomic mass is 32.2. The normalized spacial score (nSPS) is 13.1. The average Bonchev–Trinajstić information content (AvgIpc) is 3.25. The van der Waals surface area contributed by atoms with Crippen molar-refractivity contribution in [2.45, 2.75) is 37.0 Å². The second-order valence-electron chi connectivity index (χ2n) is 7.30. The number of alkyl halides is 3. The van der Waals surface area contributed by atoms with E-state index in [1.54, 1.807) is 17.0 Å². The number of hydrogen-bond acceptors (Lipinski definition) is 5. The van der Waals surface area contributed by atoms with E-state index < -0.39 is 23.3 Å². The van der Waals surface area contributed by atoms with Crippen LogP contribution in [0.4, 0.5) is 18.9 Å². The smallest absolute Gasteiger partial charge is 0.325 e. The molecule has 0 radical (unpaired) electrons. The molecule has 0 saturated heterocycles. The van der Waals surface area contributed by atoms with Crippen molar-refractivity contribution in [1.82, 2.24) is 14.5 Å². The van der Waals surface area contributed by atoms with E-state index in [1.165, 1.54) is 18.2 Å². The molecule has 0 saturated carbocycles. The Morgan fingerprint density at radius 1 is 1.12 bits per heavy atom. The molecule has 4 rings (SSSR count). The first-order valence-electron chi connectivity index (χ1n) is 9.93. The summed E-state index contributed by atoms with van der Waals surface area (Å²) in [7, 11) is 0. The number of anilines is 1. The molecule has 0 fully saturated rings. The minimum Gasteiger partial charge on any atom is -0.325 e. The molecular weight excluding hydrogens is 441 g/mol. The Kier molecular flexibility index (Phi) is 6.31. The molecule has 166 valence electrons. The molecule has 2 aromatic heterocycles. The Morgan fingerprint density at radius 2 is 1.88 bits per heavy atom. The van der Waals surface area contributed by atoms with Crippen LogP contribution in [0.5, 0.6) is 0 Å². The quantitative estimate of drug-likeness (QED) is 0.446. The third-order valence-electron chi connectivity index (χ3n) is 5.14. The molecule has 1 aliphatic rings. The van der Waals surface area contributed by atoms with E-state index in [0.717, 1.165) is 53.9 Å². The van der Waals surface area contributed by atoms with Gasteiger partial charge in [-0.2, -0.15) is 18.2 Å². The number of fused-ring (bicyclic) bond motifs is 1. The van der Waals surface area contributed by atoms with Crippen molar-refractivity contribution in [1.29, 1.82) is 0 Å². The minimum atomic E-state index is -4.57. The summed E-state index contributed by atoms with van der Waals surface area (Å²) >= 11 is 1.07. The molecule has 10 heteroatoms. The van der Waals surface area contributed by atoms with Gasteiger partial charge in [-0.25, -0.2) is 4.79 Å². The van der Waals surface area contributed by atoms with Crippen LogP contribution in [0.1, 0.15) is 28.8 Å². The number of carbonyl (C=O) groups excluding carboxylic acids is 1. The van der Waals surface area contributed by atoms with Crippen LogP contribution in [0.2, 0.25) is 0 Å². The number of hydrogen-bond donors (Lipinski definition) is 1. The van der Waals surface area contributed by atoms with Gasteiger partial charge in [0.05, 0.1) is 23.5 Å². The topological polar surface area (TPSA) is 76.9 Å². The number of nitrogens with zero attached hydrogens (tertiary/aromatic N) is 3. The fourth-order valence-electron chi connectivity index (χ4n) is 3.70. The van der Waals surface area contributed by atoms with Gasteiger partial charge < -0.3 is 5.32 Å². The molecule has 0 spiro atoms. The van der Waals surface area contributed by atoms with Crippen molar-refractivity contribution in [3.63, 3.8) is 0 Å². The summed E-state index contributed by atoms with van der Waals surface area (Å²) in [5.41, 5.74) is 1.14. The van der Waals surface area contributed by atoms with Crippen LogP contribution in [0, 0.1) is 0 Å². The standard InChI is InChI=1S/C22H19F3N4O2S/c23-22(24,25)16-5-1-2-6-17(16)27-19(30)13-32-20-15-4-3-7-18(15)29(21(31)28-20)12-14-8-10-26-11-9-14/h1-2,5-6,8-11H,3-4,7,12-13H2,(H,27,30). The number of rotatable bonds is 6. The number of carbonyl (C=O) groups is 1. The number of pyridine rings is 1. The molecule has 1 aromatic carbocycles. The highest BCUT2D eigenvalue weighted by Gasteiger charge is 2.33. The van der Waals surface area contributed by atoms with Gasteiger partial charge in [-0.3, -0.25) is 14.3 Å².